The third kappa shape index (κ3) is 5.04. The molecule has 1 aliphatic heterocycles. The number of rotatable bonds is 6. The second-order valence-electron chi connectivity index (χ2n) is 6.77. The van der Waals surface area contributed by atoms with Crippen LogP contribution in [0.3, 0.4) is 0 Å². The maximum atomic E-state index is 12.9. The van der Waals surface area contributed by atoms with Gasteiger partial charge in [0.25, 0.3) is 5.69 Å². The van der Waals surface area contributed by atoms with Crippen molar-refractivity contribution in [2.24, 2.45) is 11.7 Å². The van der Waals surface area contributed by atoms with Crippen molar-refractivity contribution in [2.45, 2.75) is 23.0 Å². The first-order chi connectivity index (χ1) is 13.0. The number of hydrogen-bond acceptors (Lipinski definition) is 5. The van der Waals surface area contributed by atoms with Gasteiger partial charge in [0.05, 0.1) is 10.2 Å². The molecule has 2 aromatic carbocycles. The van der Waals surface area contributed by atoms with Gasteiger partial charge >= 0.3 is 0 Å². The number of nitro benzene ring substituents is 1. The summed E-state index contributed by atoms with van der Waals surface area (Å²) in [5.74, 6) is 0.597. The highest BCUT2D eigenvalue weighted by molar-refractivity contribution is 8.00. The minimum atomic E-state index is -0.427. The van der Waals surface area contributed by atoms with Gasteiger partial charge in [-0.2, -0.15) is 0 Å². The number of thioether (sulfide) groups is 1. The van der Waals surface area contributed by atoms with Gasteiger partial charge in [0.2, 0.25) is 5.91 Å². The van der Waals surface area contributed by atoms with E-state index in [1.807, 2.05) is 30.0 Å². The quantitative estimate of drug-likeness (QED) is 0.436. The average molecular weight is 422 g/mol. The zero-order valence-corrected chi connectivity index (χ0v) is 17.2. The highest BCUT2D eigenvalue weighted by Gasteiger charge is 2.36. The standard InChI is InChI=1S/C20H23N3O3S.ClH/c1-14(27-18-9-7-17(8-10-18)23(25)26)20(24)22-12-16(11-21)19(13-22)15-5-3-2-4-6-15;/h2-10,14,16,19H,11-13,21H2,1H3;1H/t14?,16-,19+;/m1./s1. The number of carbonyl (C=O) groups excluding carboxylic acids is 1. The summed E-state index contributed by atoms with van der Waals surface area (Å²) in [5, 5.41) is 10.5. The number of nitrogens with two attached hydrogens (primary N) is 1. The van der Waals surface area contributed by atoms with Gasteiger partial charge in [-0.1, -0.05) is 30.3 Å². The highest BCUT2D eigenvalue weighted by atomic mass is 35.5. The van der Waals surface area contributed by atoms with Crippen LogP contribution >= 0.6 is 24.2 Å². The van der Waals surface area contributed by atoms with Crippen LogP contribution in [0.25, 0.3) is 0 Å². The molecule has 0 saturated carbocycles. The van der Waals surface area contributed by atoms with Crippen LogP contribution in [-0.4, -0.2) is 40.6 Å². The normalized spacial score (nSPS) is 19.7. The first-order valence-electron chi connectivity index (χ1n) is 8.94. The van der Waals surface area contributed by atoms with Gasteiger partial charge in [0.1, 0.15) is 0 Å². The molecule has 1 fully saturated rings. The van der Waals surface area contributed by atoms with E-state index in [9.17, 15) is 14.9 Å². The molecule has 1 aliphatic rings. The molecule has 1 heterocycles. The first-order valence-corrected chi connectivity index (χ1v) is 9.82. The van der Waals surface area contributed by atoms with E-state index >= 15 is 0 Å². The summed E-state index contributed by atoms with van der Waals surface area (Å²) < 4.78 is 0. The zero-order chi connectivity index (χ0) is 19.4. The van der Waals surface area contributed by atoms with E-state index in [-0.39, 0.29) is 41.1 Å². The number of halogens is 1. The van der Waals surface area contributed by atoms with E-state index in [0.29, 0.717) is 19.6 Å². The molecule has 2 N–H and O–H groups in total. The van der Waals surface area contributed by atoms with Crippen LogP contribution in [0.1, 0.15) is 18.4 Å². The number of carbonyl (C=O) groups is 1. The minimum absolute atomic E-state index is 0. The number of benzene rings is 2. The zero-order valence-electron chi connectivity index (χ0n) is 15.6. The molecule has 3 atom stereocenters. The Morgan fingerprint density at radius 3 is 2.43 bits per heavy atom. The molecule has 150 valence electrons. The van der Waals surface area contributed by atoms with E-state index in [4.69, 9.17) is 5.73 Å². The Morgan fingerprint density at radius 1 is 1.21 bits per heavy atom. The van der Waals surface area contributed by atoms with E-state index in [1.165, 1.54) is 29.5 Å². The average Bonchev–Trinajstić information content (AvgIpc) is 3.13. The molecule has 1 unspecified atom stereocenters. The lowest BCUT2D eigenvalue weighted by Crippen LogP contribution is -2.35. The summed E-state index contributed by atoms with van der Waals surface area (Å²) in [7, 11) is 0. The molecular formula is C20H24ClN3O3S. The molecule has 0 bridgehead atoms. The van der Waals surface area contributed by atoms with Crippen molar-refractivity contribution in [3.05, 3.63) is 70.3 Å². The van der Waals surface area contributed by atoms with E-state index in [2.05, 4.69) is 12.1 Å². The maximum Gasteiger partial charge on any atom is 0.269 e. The summed E-state index contributed by atoms with van der Waals surface area (Å²) in [6.07, 6.45) is 0. The Morgan fingerprint density at radius 2 is 1.86 bits per heavy atom. The Labute approximate surface area is 175 Å². The first kappa shape index (κ1) is 22.2. The van der Waals surface area contributed by atoms with Crippen molar-refractivity contribution in [3.63, 3.8) is 0 Å². The minimum Gasteiger partial charge on any atom is -0.341 e. The van der Waals surface area contributed by atoms with Crippen LogP contribution in [0.2, 0.25) is 0 Å². The van der Waals surface area contributed by atoms with Crippen molar-refractivity contribution in [2.75, 3.05) is 19.6 Å². The largest absolute Gasteiger partial charge is 0.341 e. The second-order valence-corrected chi connectivity index (χ2v) is 8.18. The Balaban J connectivity index is 0.00000280. The molecule has 2 aromatic rings. The molecule has 8 heteroatoms. The van der Waals surface area contributed by atoms with Gasteiger partial charge in [-0.05, 0) is 37.1 Å². The molecule has 0 aliphatic carbocycles. The lowest BCUT2D eigenvalue weighted by Gasteiger charge is -2.21. The SMILES string of the molecule is CC(Sc1ccc([N+](=O)[O-])cc1)C(=O)N1C[C@@H](CN)[C@H](c2ccccc2)C1.Cl. The fourth-order valence-electron chi connectivity index (χ4n) is 3.53. The van der Waals surface area contributed by atoms with E-state index in [0.717, 1.165) is 4.90 Å². The number of likely N-dealkylation sites (tertiary alicyclic amines) is 1. The second kappa shape index (κ2) is 9.91. The number of hydrogen-bond donors (Lipinski definition) is 1. The smallest absolute Gasteiger partial charge is 0.269 e. The lowest BCUT2D eigenvalue weighted by atomic mass is 9.89. The number of amides is 1. The molecule has 0 spiro atoms. The van der Waals surface area contributed by atoms with Gasteiger partial charge < -0.3 is 10.6 Å². The van der Waals surface area contributed by atoms with Gasteiger partial charge in [-0.25, -0.2) is 0 Å². The number of non-ortho nitro benzene ring substituents is 1. The molecular weight excluding hydrogens is 398 g/mol. The summed E-state index contributed by atoms with van der Waals surface area (Å²) in [4.78, 5) is 26.0. The Hall–Kier alpha value is -2.09. The van der Waals surface area contributed by atoms with Gasteiger partial charge in [-0.15, -0.1) is 24.2 Å². The van der Waals surface area contributed by atoms with Crippen molar-refractivity contribution >= 4 is 35.8 Å². The molecule has 6 nitrogen and oxygen atoms in total. The summed E-state index contributed by atoms with van der Waals surface area (Å²) >= 11 is 1.42. The lowest BCUT2D eigenvalue weighted by molar-refractivity contribution is -0.384. The maximum absolute atomic E-state index is 12.9. The number of nitro groups is 1. The third-order valence-corrected chi connectivity index (χ3v) is 6.09. The molecule has 0 aromatic heterocycles. The molecule has 1 amide bonds. The van der Waals surface area contributed by atoms with Gasteiger partial charge in [-0.3, -0.25) is 14.9 Å². The van der Waals surface area contributed by atoms with E-state index < -0.39 is 4.92 Å². The van der Waals surface area contributed by atoms with Gasteiger partial charge in [0.15, 0.2) is 0 Å². The van der Waals surface area contributed by atoms with Crippen LogP contribution in [0.5, 0.6) is 0 Å². The van der Waals surface area contributed by atoms with E-state index in [1.54, 1.807) is 12.1 Å². The third-order valence-electron chi connectivity index (χ3n) is 4.99. The molecule has 28 heavy (non-hydrogen) atoms. The van der Waals surface area contributed by atoms with Crippen molar-refractivity contribution < 1.29 is 9.72 Å². The Kier molecular flexibility index (Phi) is 7.86. The molecule has 0 radical (unpaired) electrons. The van der Waals surface area contributed by atoms with Crippen LogP contribution in [0.15, 0.2) is 59.5 Å². The number of nitrogens with zero attached hydrogens (tertiary/aromatic N) is 2. The fraction of sp³-hybridized carbons (Fsp3) is 0.350. The van der Waals surface area contributed by atoms with Crippen LogP contribution < -0.4 is 5.73 Å². The predicted octanol–water partition coefficient (Wildman–Crippen LogP) is 3.70. The van der Waals surface area contributed by atoms with Crippen molar-refractivity contribution in [1.82, 2.24) is 4.90 Å². The van der Waals surface area contributed by atoms with Crippen molar-refractivity contribution in [1.29, 1.82) is 0 Å². The summed E-state index contributed by atoms with van der Waals surface area (Å²) in [5.41, 5.74) is 7.24. The van der Waals surface area contributed by atoms with Crippen molar-refractivity contribution in [3.8, 4) is 0 Å². The predicted molar refractivity (Wildman–Crippen MR) is 114 cm³/mol. The molecule has 1 saturated heterocycles. The summed E-state index contributed by atoms with van der Waals surface area (Å²) in [6, 6.07) is 16.5. The van der Waals surface area contributed by atoms with Gasteiger partial charge in [0, 0.05) is 36.0 Å². The Bertz CT molecular complexity index is 804. The monoisotopic (exact) mass is 421 g/mol. The van der Waals surface area contributed by atoms with Crippen LogP contribution in [-0.2, 0) is 4.79 Å². The topological polar surface area (TPSA) is 89.5 Å². The summed E-state index contributed by atoms with van der Waals surface area (Å²) in [6.45, 7) is 3.77. The van der Waals surface area contributed by atoms with Crippen LogP contribution in [0, 0.1) is 16.0 Å². The van der Waals surface area contributed by atoms with Crippen LogP contribution in [0.4, 0.5) is 5.69 Å². The molecule has 3 rings (SSSR count). The highest BCUT2D eigenvalue weighted by Crippen LogP contribution is 2.34. The fourth-order valence-corrected chi connectivity index (χ4v) is 4.48.